The molecule has 0 N–H and O–H groups in total. The molecule has 0 aliphatic rings. The van der Waals surface area contributed by atoms with E-state index in [2.05, 4.69) is 0 Å². The Labute approximate surface area is 171 Å². The molecule has 29 heavy (non-hydrogen) atoms. The Morgan fingerprint density at radius 1 is 0.897 bits per heavy atom. The summed E-state index contributed by atoms with van der Waals surface area (Å²) in [5.41, 5.74) is 5.49. The highest BCUT2D eigenvalue weighted by atomic mass is 32.2. The van der Waals surface area contributed by atoms with Crippen LogP contribution in [0.3, 0.4) is 0 Å². The van der Waals surface area contributed by atoms with Gasteiger partial charge in [0.15, 0.2) is 0 Å². The molecule has 3 aromatic rings. The maximum Gasteiger partial charge on any atom is 0.306 e. The number of ether oxygens (including phenoxy) is 1. The Hall–Kier alpha value is -3.12. The number of aryl methyl sites for hydroxylation is 2. The van der Waals surface area contributed by atoms with E-state index in [1.54, 1.807) is 36.4 Å². The highest BCUT2D eigenvalue weighted by Gasteiger charge is 2.12. The number of aldehydes is 1. The van der Waals surface area contributed by atoms with Crippen LogP contribution in [0.25, 0.3) is 11.1 Å². The molecule has 0 bridgehead atoms. The lowest BCUT2D eigenvalue weighted by Crippen LogP contribution is -2.06. The lowest BCUT2D eigenvalue weighted by Gasteiger charge is -2.14. The molecule has 0 unspecified atom stereocenters. The third-order valence-electron chi connectivity index (χ3n) is 4.39. The number of benzene rings is 3. The third-order valence-corrected chi connectivity index (χ3v) is 4.89. The van der Waals surface area contributed by atoms with Crippen molar-refractivity contribution in [2.24, 2.45) is 0 Å². The second kappa shape index (κ2) is 8.49. The van der Waals surface area contributed by atoms with Gasteiger partial charge in [0.2, 0.25) is 0 Å². The number of carbonyl (C=O) groups excluding carboxylic acids is 1. The fraction of sp³-hybridized carbons (Fsp3) is 0.174. The van der Waals surface area contributed by atoms with Crippen LogP contribution in [0.5, 0.6) is 11.5 Å². The van der Waals surface area contributed by atoms with Crippen LogP contribution < -0.4 is 8.92 Å². The van der Waals surface area contributed by atoms with Crippen molar-refractivity contribution < 1.29 is 22.1 Å². The van der Waals surface area contributed by atoms with Crippen LogP contribution in [0.4, 0.5) is 0 Å². The Balaban J connectivity index is 1.82. The second-order valence-corrected chi connectivity index (χ2v) is 8.47. The zero-order valence-corrected chi connectivity index (χ0v) is 17.3. The maximum atomic E-state index is 11.4. The second-order valence-electron chi connectivity index (χ2n) is 6.90. The predicted molar refractivity (Wildman–Crippen MR) is 113 cm³/mol. The SMILES string of the molecule is Cc1cc(OS(C)(=O)=O)cc(C)c1-c1cccc(COc2ccc(C=O)cc2)c1. The molecule has 5 nitrogen and oxygen atoms in total. The van der Waals surface area contributed by atoms with Crippen molar-refractivity contribution in [1.29, 1.82) is 0 Å². The Bertz CT molecular complexity index is 1110. The summed E-state index contributed by atoms with van der Waals surface area (Å²) < 4.78 is 33.6. The smallest absolute Gasteiger partial charge is 0.306 e. The van der Waals surface area contributed by atoms with E-state index >= 15 is 0 Å². The van der Waals surface area contributed by atoms with Gasteiger partial charge >= 0.3 is 10.1 Å². The zero-order valence-electron chi connectivity index (χ0n) is 16.5. The molecule has 0 aromatic heterocycles. The number of hydrogen-bond acceptors (Lipinski definition) is 5. The van der Waals surface area contributed by atoms with E-state index in [1.807, 2.05) is 38.1 Å². The van der Waals surface area contributed by atoms with Gasteiger partial charge in [0, 0.05) is 5.56 Å². The molecule has 3 aromatic carbocycles. The summed E-state index contributed by atoms with van der Waals surface area (Å²) in [4.78, 5) is 10.7. The molecule has 0 aliphatic heterocycles. The van der Waals surface area contributed by atoms with E-state index in [9.17, 15) is 13.2 Å². The van der Waals surface area contributed by atoms with Crippen molar-refractivity contribution in [3.8, 4) is 22.6 Å². The summed E-state index contributed by atoms with van der Waals surface area (Å²) in [7, 11) is -3.57. The molecular weight excluding hydrogens is 388 g/mol. The van der Waals surface area contributed by atoms with E-state index in [0.717, 1.165) is 40.4 Å². The maximum absolute atomic E-state index is 11.4. The van der Waals surface area contributed by atoms with Crippen LogP contribution in [0.1, 0.15) is 27.0 Å². The minimum Gasteiger partial charge on any atom is -0.489 e. The van der Waals surface area contributed by atoms with E-state index in [0.29, 0.717) is 23.7 Å². The highest BCUT2D eigenvalue weighted by Crippen LogP contribution is 2.32. The van der Waals surface area contributed by atoms with Gasteiger partial charge in [-0.2, -0.15) is 8.42 Å². The predicted octanol–water partition coefficient (Wildman–Crippen LogP) is 4.70. The molecule has 0 amide bonds. The average Bonchev–Trinajstić information content (AvgIpc) is 2.65. The summed E-state index contributed by atoms with van der Waals surface area (Å²) >= 11 is 0. The van der Waals surface area contributed by atoms with Crippen molar-refractivity contribution in [3.05, 3.63) is 82.9 Å². The fourth-order valence-corrected chi connectivity index (χ4v) is 3.67. The Morgan fingerprint density at radius 2 is 1.55 bits per heavy atom. The minimum absolute atomic E-state index is 0.310. The zero-order chi connectivity index (χ0) is 21.0. The first kappa shape index (κ1) is 20.6. The monoisotopic (exact) mass is 410 g/mol. The van der Waals surface area contributed by atoms with Gasteiger partial charge in [-0.15, -0.1) is 0 Å². The Morgan fingerprint density at radius 3 is 2.14 bits per heavy atom. The van der Waals surface area contributed by atoms with Gasteiger partial charge in [0.25, 0.3) is 0 Å². The van der Waals surface area contributed by atoms with Gasteiger partial charge < -0.3 is 8.92 Å². The van der Waals surface area contributed by atoms with E-state index in [4.69, 9.17) is 8.92 Å². The summed E-state index contributed by atoms with van der Waals surface area (Å²) in [5, 5.41) is 0. The average molecular weight is 410 g/mol. The van der Waals surface area contributed by atoms with Gasteiger partial charge in [-0.25, -0.2) is 0 Å². The molecule has 6 heteroatoms. The van der Waals surface area contributed by atoms with Crippen LogP contribution in [-0.2, 0) is 16.7 Å². The molecule has 0 atom stereocenters. The first-order chi connectivity index (χ1) is 13.7. The summed E-state index contributed by atoms with van der Waals surface area (Å²) in [6.07, 6.45) is 1.83. The van der Waals surface area contributed by atoms with Gasteiger partial charge in [0.05, 0.1) is 6.26 Å². The van der Waals surface area contributed by atoms with E-state index in [-0.39, 0.29) is 0 Å². The topological polar surface area (TPSA) is 69.7 Å². The van der Waals surface area contributed by atoms with Crippen LogP contribution >= 0.6 is 0 Å². The normalized spacial score (nSPS) is 11.1. The van der Waals surface area contributed by atoms with E-state index < -0.39 is 10.1 Å². The van der Waals surface area contributed by atoms with Crippen molar-refractivity contribution in [3.63, 3.8) is 0 Å². The van der Waals surface area contributed by atoms with Crippen molar-refractivity contribution in [2.75, 3.05) is 6.26 Å². The van der Waals surface area contributed by atoms with Gasteiger partial charge in [0.1, 0.15) is 24.4 Å². The quantitative estimate of drug-likeness (QED) is 0.417. The summed E-state index contributed by atoms with van der Waals surface area (Å²) in [6, 6.07) is 18.4. The van der Waals surface area contributed by atoms with Crippen LogP contribution in [0.15, 0.2) is 60.7 Å². The molecule has 0 saturated carbocycles. The largest absolute Gasteiger partial charge is 0.489 e. The van der Waals surface area contributed by atoms with Gasteiger partial charge in [-0.3, -0.25) is 4.79 Å². The fourth-order valence-electron chi connectivity index (χ4n) is 3.23. The molecule has 0 saturated heterocycles. The summed E-state index contributed by atoms with van der Waals surface area (Å²) in [5.74, 6) is 1.00. The molecule has 3 rings (SSSR count). The molecule has 0 spiro atoms. The van der Waals surface area contributed by atoms with Crippen LogP contribution in [-0.4, -0.2) is 21.0 Å². The first-order valence-electron chi connectivity index (χ1n) is 9.03. The van der Waals surface area contributed by atoms with Crippen molar-refractivity contribution >= 4 is 16.4 Å². The summed E-state index contributed by atoms with van der Waals surface area (Å²) in [6.45, 7) is 4.24. The standard InChI is InChI=1S/C23H22O5S/c1-16-11-22(28-29(3,25)26)12-17(2)23(16)20-6-4-5-19(13-20)15-27-21-9-7-18(14-24)8-10-21/h4-14H,15H2,1-3H3. The molecule has 0 radical (unpaired) electrons. The first-order valence-corrected chi connectivity index (χ1v) is 10.8. The Kier molecular flexibility index (Phi) is 6.03. The lowest BCUT2D eigenvalue weighted by molar-refractivity contribution is 0.112. The van der Waals surface area contributed by atoms with Gasteiger partial charge in [-0.05, 0) is 84.1 Å². The van der Waals surface area contributed by atoms with Crippen molar-refractivity contribution in [1.82, 2.24) is 0 Å². The van der Waals surface area contributed by atoms with Crippen LogP contribution in [0, 0.1) is 13.8 Å². The highest BCUT2D eigenvalue weighted by molar-refractivity contribution is 7.86. The molecule has 0 heterocycles. The number of hydrogen-bond donors (Lipinski definition) is 0. The third kappa shape index (κ3) is 5.45. The number of carbonyl (C=O) groups is 1. The lowest BCUT2D eigenvalue weighted by atomic mass is 9.94. The van der Waals surface area contributed by atoms with E-state index in [1.165, 1.54) is 0 Å². The van der Waals surface area contributed by atoms with Crippen LogP contribution in [0.2, 0.25) is 0 Å². The molecular formula is C23H22O5S. The molecule has 150 valence electrons. The minimum atomic E-state index is -3.57. The molecule has 0 aliphatic carbocycles. The number of rotatable bonds is 7. The van der Waals surface area contributed by atoms with Gasteiger partial charge in [-0.1, -0.05) is 18.2 Å². The molecule has 0 fully saturated rings. The van der Waals surface area contributed by atoms with Crippen molar-refractivity contribution in [2.45, 2.75) is 20.5 Å².